The van der Waals surface area contributed by atoms with Crippen LogP contribution in [0.4, 0.5) is 0 Å². The minimum atomic E-state index is 0.168. The summed E-state index contributed by atoms with van der Waals surface area (Å²) in [6.45, 7) is 3.79. The third kappa shape index (κ3) is 4.83. The largest absolute Gasteiger partial charge is 0.343 e. The number of carbonyl (C=O) groups is 2. The Morgan fingerprint density at radius 1 is 1.10 bits per heavy atom. The lowest BCUT2D eigenvalue weighted by Gasteiger charge is -2.47. The third-order valence-electron chi connectivity index (χ3n) is 6.43. The van der Waals surface area contributed by atoms with Gasteiger partial charge < -0.3 is 9.80 Å². The molecule has 0 radical (unpaired) electrons. The second kappa shape index (κ2) is 8.76. The molecule has 0 aliphatic carbocycles. The molecule has 7 heteroatoms. The van der Waals surface area contributed by atoms with Crippen LogP contribution in [0.1, 0.15) is 37.7 Å². The average molecular weight is 396 g/mol. The molecule has 29 heavy (non-hydrogen) atoms. The second-order valence-electron chi connectivity index (χ2n) is 8.33. The van der Waals surface area contributed by atoms with Crippen LogP contribution in [-0.2, 0) is 22.6 Å². The molecule has 2 fully saturated rings. The van der Waals surface area contributed by atoms with Crippen LogP contribution >= 0.6 is 0 Å². The number of likely N-dealkylation sites (tertiary alicyclic amines) is 2. The second-order valence-corrected chi connectivity index (χ2v) is 8.33. The van der Waals surface area contributed by atoms with Gasteiger partial charge in [-0.05, 0) is 48.8 Å². The fourth-order valence-electron chi connectivity index (χ4n) is 4.56. The van der Waals surface area contributed by atoms with Crippen molar-refractivity contribution in [3.63, 3.8) is 0 Å². The minimum Gasteiger partial charge on any atom is -0.343 e. The van der Waals surface area contributed by atoms with Crippen LogP contribution in [0.15, 0.2) is 43.0 Å². The number of pyridine rings is 1. The van der Waals surface area contributed by atoms with Crippen molar-refractivity contribution in [3.05, 3.63) is 48.5 Å². The number of amides is 2. The standard InChI is InChI=1S/C22H29N5O2/c28-20-4-7-22(18-26(20)13-5-19-3-1-10-23-17-19)8-15-25(16-9-22)21(29)6-14-27-12-2-11-24-27/h1-3,10-12,17H,4-9,13-16,18H2. The van der Waals surface area contributed by atoms with Crippen molar-refractivity contribution in [2.75, 3.05) is 26.2 Å². The number of aromatic nitrogens is 3. The van der Waals surface area contributed by atoms with Crippen LogP contribution < -0.4 is 0 Å². The molecule has 4 heterocycles. The van der Waals surface area contributed by atoms with Gasteiger partial charge in [-0.2, -0.15) is 5.10 Å². The molecule has 2 amide bonds. The van der Waals surface area contributed by atoms with Crippen molar-refractivity contribution in [2.45, 2.75) is 45.1 Å². The third-order valence-corrected chi connectivity index (χ3v) is 6.43. The van der Waals surface area contributed by atoms with Gasteiger partial charge >= 0.3 is 0 Å². The van der Waals surface area contributed by atoms with Crippen LogP contribution in [0.2, 0.25) is 0 Å². The van der Waals surface area contributed by atoms with Gasteiger partial charge in [-0.25, -0.2) is 0 Å². The van der Waals surface area contributed by atoms with Crippen molar-refractivity contribution in [2.24, 2.45) is 5.41 Å². The molecule has 0 atom stereocenters. The van der Waals surface area contributed by atoms with Crippen LogP contribution in [0.25, 0.3) is 0 Å². The highest BCUT2D eigenvalue weighted by Gasteiger charge is 2.41. The first kappa shape index (κ1) is 19.6. The van der Waals surface area contributed by atoms with E-state index in [1.54, 1.807) is 17.1 Å². The van der Waals surface area contributed by atoms with Crippen LogP contribution in [0, 0.1) is 5.41 Å². The van der Waals surface area contributed by atoms with E-state index in [1.165, 1.54) is 0 Å². The van der Waals surface area contributed by atoms with E-state index in [-0.39, 0.29) is 17.2 Å². The summed E-state index contributed by atoms with van der Waals surface area (Å²) in [5.41, 5.74) is 1.33. The lowest BCUT2D eigenvalue weighted by Crippen LogP contribution is -2.52. The van der Waals surface area contributed by atoms with Crippen LogP contribution in [0.5, 0.6) is 0 Å². The number of piperidine rings is 2. The maximum absolute atomic E-state index is 12.6. The predicted octanol–water partition coefficient (Wildman–Crippen LogP) is 2.14. The normalized spacial score (nSPS) is 19.0. The Bertz CT molecular complexity index is 813. The van der Waals surface area contributed by atoms with Gasteiger partial charge in [-0.15, -0.1) is 0 Å². The van der Waals surface area contributed by atoms with Crippen LogP contribution in [0.3, 0.4) is 0 Å². The molecule has 0 N–H and O–H groups in total. The molecular weight excluding hydrogens is 366 g/mol. The lowest BCUT2D eigenvalue weighted by molar-refractivity contribution is -0.142. The van der Waals surface area contributed by atoms with Crippen LogP contribution in [-0.4, -0.2) is 62.6 Å². The van der Waals surface area contributed by atoms with E-state index in [9.17, 15) is 9.59 Å². The van der Waals surface area contributed by atoms with Crippen molar-refractivity contribution < 1.29 is 9.59 Å². The van der Waals surface area contributed by atoms with E-state index < -0.39 is 0 Å². The Labute approximate surface area is 171 Å². The fourth-order valence-corrected chi connectivity index (χ4v) is 4.56. The zero-order chi connectivity index (χ0) is 20.1. The van der Waals surface area contributed by atoms with E-state index in [1.807, 2.05) is 34.3 Å². The van der Waals surface area contributed by atoms with Gasteiger partial charge in [0.1, 0.15) is 0 Å². The van der Waals surface area contributed by atoms with Crippen molar-refractivity contribution >= 4 is 11.8 Å². The number of rotatable bonds is 6. The van der Waals surface area contributed by atoms with Gasteiger partial charge in [0.05, 0.1) is 0 Å². The molecule has 0 aromatic carbocycles. The first-order valence-electron chi connectivity index (χ1n) is 10.6. The zero-order valence-corrected chi connectivity index (χ0v) is 16.9. The molecule has 7 nitrogen and oxygen atoms in total. The summed E-state index contributed by atoms with van der Waals surface area (Å²) in [7, 11) is 0. The van der Waals surface area contributed by atoms with E-state index in [4.69, 9.17) is 0 Å². The average Bonchev–Trinajstić information content (AvgIpc) is 3.28. The Hall–Kier alpha value is -2.70. The lowest BCUT2D eigenvalue weighted by atomic mass is 9.72. The maximum Gasteiger partial charge on any atom is 0.224 e. The van der Waals surface area contributed by atoms with Gasteiger partial charge in [0.2, 0.25) is 11.8 Å². The van der Waals surface area contributed by atoms with E-state index in [2.05, 4.69) is 16.1 Å². The van der Waals surface area contributed by atoms with Crippen molar-refractivity contribution in [1.82, 2.24) is 24.6 Å². The fraction of sp³-hybridized carbons (Fsp3) is 0.545. The molecule has 2 aromatic heterocycles. The Kier molecular flexibility index (Phi) is 5.92. The number of hydrogen-bond donors (Lipinski definition) is 0. The topological polar surface area (TPSA) is 71.3 Å². The highest BCUT2D eigenvalue weighted by Crippen LogP contribution is 2.40. The Morgan fingerprint density at radius 3 is 2.69 bits per heavy atom. The SMILES string of the molecule is O=C(CCn1cccn1)N1CCC2(CCC(=O)N(CCc3cccnc3)C2)CC1. The molecule has 2 aliphatic heterocycles. The highest BCUT2D eigenvalue weighted by molar-refractivity contribution is 5.77. The molecule has 2 aliphatic rings. The molecule has 1 spiro atoms. The molecular formula is C22H29N5O2. The van der Waals surface area contributed by atoms with Crippen molar-refractivity contribution in [1.29, 1.82) is 0 Å². The molecule has 4 rings (SSSR count). The predicted molar refractivity (Wildman–Crippen MR) is 109 cm³/mol. The molecule has 154 valence electrons. The quantitative estimate of drug-likeness (QED) is 0.751. The first-order valence-corrected chi connectivity index (χ1v) is 10.6. The van der Waals surface area contributed by atoms with Crippen molar-refractivity contribution in [3.8, 4) is 0 Å². The zero-order valence-electron chi connectivity index (χ0n) is 16.9. The summed E-state index contributed by atoms with van der Waals surface area (Å²) in [6, 6.07) is 5.87. The molecule has 0 saturated carbocycles. The van der Waals surface area contributed by atoms with E-state index >= 15 is 0 Å². The molecule has 2 aromatic rings. The Morgan fingerprint density at radius 2 is 1.97 bits per heavy atom. The number of nitrogens with zero attached hydrogens (tertiary/aromatic N) is 5. The minimum absolute atomic E-state index is 0.168. The monoisotopic (exact) mass is 395 g/mol. The maximum atomic E-state index is 12.6. The smallest absolute Gasteiger partial charge is 0.224 e. The molecule has 2 saturated heterocycles. The van der Waals surface area contributed by atoms with Gasteiger partial charge in [0, 0.05) is 70.4 Å². The molecule has 0 unspecified atom stereocenters. The summed E-state index contributed by atoms with van der Waals surface area (Å²) < 4.78 is 1.80. The summed E-state index contributed by atoms with van der Waals surface area (Å²) in [4.78, 5) is 33.2. The first-order chi connectivity index (χ1) is 14.1. The van der Waals surface area contributed by atoms with Gasteiger partial charge in [-0.3, -0.25) is 19.3 Å². The summed E-state index contributed by atoms with van der Waals surface area (Å²) in [6.07, 6.45) is 12.1. The summed E-state index contributed by atoms with van der Waals surface area (Å²) in [5, 5.41) is 4.16. The number of hydrogen-bond acceptors (Lipinski definition) is 4. The van der Waals surface area contributed by atoms with Gasteiger partial charge in [0.15, 0.2) is 0 Å². The van der Waals surface area contributed by atoms with E-state index in [0.29, 0.717) is 19.4 Å². The highest BCUT2D eigenvalue weighted by atomic mass is 16.2. The van der Waals surface area contributed by atoms with Gasteiger partial charge in [-0.1, -0.05) is 6.07 Å². The number of aryl methyl sites for hydroxylation is 1. The summed E-state index contributed by atoms with van der Waals surface area (Å²) >= 11 is 0. The Balaban J connectivity index is 1.27. The number of carbonyl (C=O) groups excluding carboxylic acids is 2. The van der Waals surface area contributed by atoms with E-state index in [0.717, 1.165) is 57.4 Å². The summed E-state index contributed by atoms with van der Waals surface area (Å²) in [5.74, 6) is 0.466. The molecule has 0 bridgehead atoms. The van der Waals surface area contributed by atoms with Gasteiger partial charge in [0.25, 0.3) is 0 Å².